The van der Waals surface area contributed by atoms with Crippen molar-refractivity contribution >= 4 is 28.9 Å². The Bertz CT molecular complexity index is 1550. The number of carbonyl (C=O) groups is 1. The Morgan fingerprint density at radius 2 is 1.89 bits per heavy atom. The van der Waals surface area contributed by atoms with Gasteiger partial charge in [-0.15, -0.1) is 11.3 Å². The van der Waals surface area contributed by atoms with E-state index in [1.54, 1.807) is 31.3 Å². The van der Waals surface area contributed by atoms with Gasteiger partial charge in [-0.3, -0.25) is 0 Å². The average molecular weight is 541 g/mol. The third kappa shape index (κ3) is 4.74. The molecule has 0 saturated carbocycles. The van der Waals surface area contributed by atoms with E-state index in [0.29, 0.717) is 57.3 Å². The third-order valence-corrected chi connectivity index (χ3v) is 7.74. The molecular formula is C27H23F3N4O3S. The lowest BCUT2D eigenvalue weighted by molar-refractivity contribution is -0.137. The number of aromatic nitrogens is 3. The Hall–Kier alpha value is -3.83. The lowest BCUT2D eigenvalue weighted by Crippen LogP contribution is -2.33. The zero-order valence-electron chi connectivity index (χ0n) is 20.4. The highest BCUT2D eigenvalue weighted by Crippen LogP contribution is 2.45. The minimum Gasteiger partial charge on any atom is -0.478 e. The van der Waals surface area contributed by atoms with Crippen molar-refractivity contribution < 1.29 is 28.2 Å². The van der Waals surface area contributed by atoms with Gasteiger partial charge in [-0.2, -0.15) is 13.2 Å². The van der Waals surface area contributed by atoms with Gasteiger partial charge in [0, 0.05) is 12.4 Å². The van der Waals surface area contributed by atoms with Crippen molar-refractivity contribution in [1.29, 1.82) is 0 Å². The number of alkyl halides is 3. The van der Waals surface area contributed by atoms with Gasteiger partial charge in [0.1, 0.15) is 22.2 Å². The quantitative estimate of drug-likeness (QED) is 0.275. The van der Waals surface area contributed by atoms with Gasteiger partial charge in [-0.25, -0.2) is 19.7 Å². The molecule has 4 aromatic rings. The fraction of sp³-hybridized carbons (Fsp3) is 0.259. The first kappa shape index (κ1) is 25.8. The van der Waals surface area contributed by atoms with Crippen LogP contribution in [0.1, 0.15) is 56.0 Å². The molecule has 0 bridgehead atoms. The number of fused-ring (bicyclic) bond motifs is 1. The van der Waals surface area contributed by atoms with Gasteiger partial charge in [0.15, 0.2) is 0 Å². The van der Waals surface area contributed by atoms with Crippen LogP contribution in [0.2, 0.25) is 0 Å². The second-order valence-corrected chi connectivity index (χ2v) is 10.3. The molecule has 7 nitrogen and oxygen atoms in total. The van der Waals surface area contributed by atoms with E-state index in [4.69, 9.17) is 0 Å². The molecule has 1 aliphatic carbocycles. The summed E-state index contributed by atoms with van der Waals surface area (Å²) in [5.74, 6) is -0.709. The molecule has 11 heteroatoms. The Morgan fingerprint density at radius 3 is 2.63 bits per heavy atom. The lowest BCUT2D eigenvalue weighted by atomic mass is 9.76. The minimum atomic E-state index is -4.49. The van der Waals surface area contributed by atoms with Crippen LogP contribution in [0.15, 0.2) is 48.8 Å². The molecule has 5 rings (SSSR count). The normalized spacial score (nSPS) is 17.2. The van der Waals surface area contributed by atoms with Gasteiger partial charge in [0.05, 0.1) is 21.7 Å². The van der Waals surface area contributed by atoms with Gasteiger partial charge >= 0.3 is 12.1 Å². The van der Waals surface area contributed by atoms with Crippen LogP contribution >= 0.6 is 11.3 Å². The fourth-order valence-electron chi connectivity index (χ4n) is 4.84. The number of anilines is 2. The number of aromatic carboxylic acids is 1. The summed E-state index contributed by atoms with van der Waals surface area (Å²) in [6.45, 7) is 3.57. The number of thiazole rings is 1. The van der Waals surface area contributed by atoms with Crippen LogP contribution in [0.5, 0.6) is 0 Å². The smallest absolute Gasteiger partial charge is 0.416 e. The molecule has 1 unspecified atom stereocenters. The first-order valence-corrected chi connectivity index (χ1v) is 12.6. The standard InChI is InChI=1S/C27H23F3N4O3S/c1-14-10-19(33-22(11-14)34-21-12-16(7-9-31-21)27(28,29)30)20-13-32-25(38-20)26(37)8-3-4-17-18(26)6-5-15(2)23(17)24(35)36/h5-7,9-13,37H,3-4,8H2,1-2H3,(H,35,36)(H,31,33,34). The number of nitrogens with one attached hydrogen (secondary N) is 1. The van der Waals surface area contributed by atoms with Crippen molar-refractivity contribution in [3.05, 3.63) is 87.2 Å². The molecule has 0 radical (unpaired) electrons. The lowest BCUT2D eigenvalue weighted by Gasteiger charge is -2.34. The number of benzene rings is 1. The molecule has 0 aliphatic heterocycles. The zero-order valence-corrected chi connectivity index (χ0v) is 21.2. The predicted octanol–water partition coefficient (Wildman–Crippen LogP) is 6.25. The molecular weight excluding hydrogens is 517 g/mol. The number of hydrogen-bond acceptors (Lipinski definition) is 7. The second-order valence-electron chi connectivity index (χ2n) is 9.30. The average Bonchev–Trinajstić information content (AvgIpc) is 3.34. The number of aryl methyl sites for hydroxylation is 2. The van der Waals surface area contributed by atoms with E-state index in [9.17, 15) is 28.2 Å². The third-order valence-electron chi connectivity index (χ3n) is 6.57. The van der Waals surface area contributed by atoms with E-state index in [1.807, 2.05) is 13.0 Å². The predicted molar refractivity (Wildman–Crippen MR) is 137 cm³/mol. The number of pyridine rings is 2. The van der Waals surface area contributed by atoms with Crippen molar-refractivity contribution in [3.63, 3.8) is 0 Å². The number of carboxylic acid groups (broad SMARTS) is 1. The van der Waals surface area contributed by atoms with Crippen LogP contribution in [0, 0.1) is 13.8 Å². The molecule has 3 heterocycles. The van der Waals surface area contributed by atoms with E-state index in [0.717, 1.165) is 23.9 Å². The molecule has 3 N–H and O–H groups in total. The molecule has 196 valence electrons. The first-order chi connectivity index (χ1) is 18.0. The molecule has 38 heavy (non-hydrogen) atoms. The number of rotatable bonds is 5. The molecule has 0 amide bonds. The zero-order chi connectivity index (χ0) is 27.2. The molecule has 3 aromatic heterocycles. The molecule has 0 fully saturated rings. The van der Waals surface area contributed by atoms with Gasteiger partial charge in [0.25, 0.3) is 0 Å². The summed E-state index contributed by atoms with van der Waals surface area (Å²) in [4.78, 5) is 25.6. The largest absolute Gasteiger partial charge is 0.478 e. The summed E-state index contributed by atoms with van der Waals surface area (Å²) < 4.78 is 39.3. The fourth-order valence-corrected chi connectivity index (χ4v) is 5.84. The van der Waals surface area contributed by atoms with Crippen molar-refractivity contribution in [2.75, 3.05) is 5.32 Å². The van der Waals surface area contributed by atoms with Crippen molar-refractivity contribution in [1.82, 2.24) is 15.0 Å². The summed E-state index contributed by atoms with van der Waals surface area (Å²) in [7, 11) is 0. The monoisotopic (exact) mass is 540 g/mol. The van der Waals surface area contributed by atoms with Crippen molar-refractivity contribution in [2.24, 2.45) is 0 Å². The van der Waals surface area contributed by atoms with E-state index >= 15 is 0 Å². The second kappa shape index (κ2) is 9.48. The van der Waals surface area contributed by atoms with E-state index in [1.165, 1.54) is 11.3 Å². The molecule has 0 spiro atoms. The molecule has 0 saturated heterocycles. The number of halogens is 3. The maximum absolute atomic E-state index is 13.1. The summed E-state index contributed by atoms with van der Waals surface area (Å²) in [5.41, 5.74) is 1.09. The van der Waals surface area contributed by atoms with Crippen LogP contribution in [0.25, 0.3) is 10.6 Å². The highest BCUT2D eigenvalue weighted by molar-refractivity contribution is 7.15. The van der Waals surface area contributed by atoms with Crippen molar-refractivity contribution in [2.45, 2.75) is 44.9 Å². The Labute approximate surface area is 220 Å². The topological polar surface area (TPSA) is 108 Å². The molecule has 1 aromatic carbocycles. The highest BCUT2D eigenvalue weighted by atomic mass is 32.1. The number of carboxylic acids is 1. The van der Waals surface area contributed by atoms with Crippen LogP contribution in [-0.2, 0) is 18.2 Å². The van der Waals surface area contributed by atoms with Gasteiger partial charge in [-0.1, -0.05) is 12.1 Å². The van der Waals surface area contributed by atoms with E-state index < -0.39 is 23.3 Å². The van der Waals surface area contributed by atoms with Gasteiger partial charge in [0.2, 0.25) is 0 Å². The SMILES string of the molecule is Cc1cc(Nc2cc(C(F)(F)F)ccn2)nc(-c2cnc(C3(O)CCCc4c3ccc(C)c4C(=O)O)s2)c1. The summed E-state index contributed by atoms with van der Waals surface area (Å²) in [6, 6.07) is 8.79. The summed E-state index contributed by atoms with van der Waals surface area (Å²) in [6.07, 6.45) is -0.278. The summed E-state index contributed by atoms with van der Waals surface area (Å²) in [5, 5.41) is 24.8. The number of nitrogens with zero attached hydrogens (tertiary/aromatic N) is 3. The van der Waals surface area contributed by atoms with Gasteiger partial charge in [-0.05, 0) is 79.6 Å². The maximum atomic E-state index is 13.1. The highest BCUT2D eigenvalue weighted by Gasteiger charge is 2.40. The number of hydrogen-bond donors (Lipinski definition) is 3. The van der Waals surface area contributed by atoms with Crippen LogP contribution in [-0.4, -0.2) is 31.1 Å². The van der Waals surface area contributed by atoms with E-state index in [-0.39, 0.29) is 11.4 Å². The minimum absolute atomic E-state index is 0.00604. The summed E-state index contributed by atoms with van der Waals surface area (Å²) >= 11 is 1.24. The Morgan fingerprint density at radius 1 is 1.11 bits per heavy atom. The van der Waals surface area contributed by atoms with E-state index in [2.05, 4.69) is 20.3 Å². The maximum Gasteiger partial charge on any atom is 0.416 e. The van der Waals surface area contributed by atoms with Crippen LogP contribution in [0.4, 0.5) is 24.8 Å². The Kier molecular flexibility index (Phi) is 6.44. The van der Waals surface area contributed by atoms with Gasteiger partial charge < -0.3 is 15.5 Å². The number of aliphatic hydroxyl groups is 1. The van der Waals surface area contributed by atoms with Crippen molar-refractivity contribution in [3.8, 4) is 10.6 Å². The Balaban J connectivity index is 1.49. The molecule has 1 aliphatic rings. The van der Waals surface area contributed by atoms with Crippen LogP contribution in [0.3, 0.4) is 0 Å². The first-order valence-electron chi connectivity index (χ1n) is 11.8. The molecule has 1 atom stereocenters. The van der Waals surface area contributed by atoms with Crippen LogP contribution < -0.4 is 5.32 Å².